The van der Waals surface area contributed by atoms with Gasteiger partial charge in [0.15, 0.2) is 5.96 Å². The van der Waals surface area contributed by atoms with Crippen LogP contribution in [0.4, 0.5) is 0 Å². The normalized spacial score (nSPS) is 25.7. The molecule has 7 nitrogen and oxygen atoms in total. The maximum atomic E-state index is 6.64. The molecule has 33 heavy (non-hydrogen) atoms. The third-order valence-corrected chi connectivity index (χ3v) is 7.11. The molecular formula is C26H53N7. The zero-order chi connectivity index (χ0) is 25.2. The molecule has 192 valence electrons. The number of nitrogens with zero attached hydrogens (tertiary/aromatic N) is 4. The van der Waals surface area contributed by atoms with Crippen LogP contribution in [0.25, 0.3) is 0 Å². The zero-order valence-corrected chi connectivity index (χ0v) is 23.5. The Balaban J connectivity index is 2.30. The van der Waals surface area contributed by atoms with Crippen LogP contribution >= 0.6 is 0 Å². The van der Waals surface area contributed by atoms with Gasteiger partial charge in [-0.2, -0.15) is 4.99 Å². The van der Waals surface area contributed by atoms with Crippen LogP contribution in [-0.4, -0.2) is 76.6 Å². The van der Waals surface area contributed by atoms with E-state index in [1.807, 2.05) is 7.05 Å². The van der Waals surface area contributed by atoms with Gasteiger partial charge in [0.1, 0.15) is 0 Å². The summed E-state index contributed by atoms with van der Waals surface area (Å²) in [7, 11) is 3.93. The van der Waals surface area contributed by atoms with Gasteiger partial charge in [-0.05, 0) is 87.5 Å². The predicted molar refractivity (Wildman–Crippen MR) is 143 cm³/mol. The predicted octanol–water partition coefficient (Wildman–Crippen LogP) is 3.94. The Kier molecular flexibility index (Phi) is 8.55. The summed E-state index contributed by atoms with van der Waals surface area (Å²) in [6, 6.07) is 0.707. The quantitative estimate of drug-likeness (QED) is 0.425. The Hall–Kier alpha value is -1.34. The second kappa shape index (κ2) is 10.1. The van der Waals surface area contributed by atoms with Crippen molar-refractivity contribution < 1.29 is 0 Å². The fourth-order valence-corrected chi connectivity index (χ4v) is 6.42. The van der Waals surface area contributed by atoms with Crippen molar-refractivity contribution in [2.75, 3.05) is 20.6 Å². The molecule has 7 heteroatoms. The summed E-state index contributed by atoms with van der Waals surface area (Å²) in [5.41, 5.74) is 6.88. The van der Waals surface area contributed by atoms with Crippen molar-refractivity contribution in [1.82, 2.24) is 20.4 Å². The molecule has 4 N–H and O–H groups in total. The SMILES string of the molecule is CCCCN(C(N=C(N)N(C)C1CC(C)(C)NC(C)(C)C1)=NC)C1CC(C)(C)NC(C)(C)C1. The number of rotatable bonds is 5. The third kappa shape index (κ3) is 7.84. The van der Waals surface area contributed by atoms with E-state index < -0.39 is 0 Å². The van der Waals surface area contributed by atoms with E-state index in [2.05, 4.69) is 94.8 Å². The number of aliphatic imine (C=N–C) groups is 2. The van der Waals surface area contributed by atoms with E-state index in [9.17, 15) is 0 Å². The molecule has 0 aliphatic carbocycles. The minimum Gasteiger partial charge on any atom is -0.369 e. The zero-order valence-electron chi connectivity index (χ0n) is 23.5. The van der Waals surface area contributed by atoms with Crippen molar-refractivity contribution in [2.45, 2.75) is 135 Å². The largest absolute Gasteiger partial charge is 0.369 e. The van der Waals surface area contributed by atoms with Crippen molar-refractivity contribution in [3.05, 3.63) is 0 Å². The minimum atomic E-state index is 0.0576. The number of hydrogen-bond donors (Lipinski definition) is 3. The summed E-state index contributed by atoms with van der Waals surface area (Å²) >= 11 is 0. The van der Waals surface area contributed by atoms with Crippen LogP contribution < -0.4 is 16.4 Å². The van der Waals surface area contributed by atoms with E-state index in [0.717, 1.165) is 51.0 Å². The Labute approximate surface area is 204 Å². The molecule has 0 atom stereocenters. The molecule has 0 aromatic rings. The molecule has 0 saturated carbocycles. The first-order chi connectivity index (χ1) is 15.0. The molecular weight excluding hydrogens is 410 g/mol. The van der Waals surface area contributed by atoms with Crippen molar-refractivity contribution >= 4 is 11.9 Å². The summed E-state index contributed by atoms with van der Waals surface area (Å²) in [4.78, 5) is 14.2. The lowest BCUT2D eigenvalue weighted by molar-refractivity contribution is 0.102. The molecule has 2 fully saturated rings. The second-order valence-electron chi connectivity index (χ2n) is 13.1. The van der Waals surface area contributed by atoms with Gasteiger partial charge in [-0.1, -0.05) is 13.3 Å². The highest BCUT2D eigenvalue weighted by atomic mass is 15.4. The third-order valence-electron chi connectivity index (χ3n) is 7.11. The van der Waals surface area contributed by atoms with Crippen molar-refractivity contribution in [3.8, 4) is 0 Å². The van der Waals surface area contributed by atoms with E-state index in [0.29, 0.717) is 18.0 Å². The number of hydrogen-bond acceptors (Lipinski definition) is 3. The summed E-state index contributed by atoms with van der Waals surface area (Å²) < 4.78 is 0. The van der Waals surface area contributed by atoms with E-state index in [4.69, 9.17) is 10.7 Å². The highest BCUT2D eigenvalue weighted by Crippen LogP contribution is 2.33. The standard InChI is InChI=1S/C26H53N7/c1-12-13-14-33(20-17-25(6,7)31-26(8,9)18-20)22(28-10)29-21(27)32(11)19-15-23(2,3)30-24(4,5)16-19/h19-20,30-31H,12-18H2,1-11H3,(H2,27,28,29). The molecule has 0 aromatic carbocycles. The highest BCUT2D eigenvalue weighted by molar-refractivity contribution is 5.94. The fraction of sp³-hybridized carbons (Fsp3) is 0.923. The molecule has 0 radical (unpaired) electrons. The molecule has 0 unspecified atom stereocenters. The molecule has 2 aliphatic rings. The molecule has 2 heterocycles. The van der Waals surface area contributed by atoms with Crippen molar-refractivity contribution in [3.63, 3.8) is 0 Å². The van der Waals surface area contributed by atoms with Crippen LogP contribution in [0.15, 0.2) is 9.98 Å². The topological polar surface area (TPSA) is 81.3 Å². The maximum absolute atomic E-state index is 6.64. The Morgan fingerprint density at radius 2 is 1.27 bits per heavy atom. The van der Waals surface area contributed by atoms with Crippen LogP contribution in [0.2, 0.25) is 0 Å². The molecule has 0 amide bonds. The lowest BCUT2D eigenvalue weighted by Crippen LogP contribution is -2.63. The molecule has 2 saturated heterocycles. The van der Waals surface area contributed by atoms with Crippen LogP contribution in [0.5, 0.6) is 0 Å². The maximum Gasteiger partial charge on any atom is 0.223 e. The summed E-state index contributed by atoms with van der Waals surface area (Å²) in [6.07, 6.45) is 6.42. The monoisotopic (exact) mass is 463 g/mol. The number of piperidine rings is 2. The first-order valence-electron chi connectivity index (χ1n) is 12.9. The van der Waals surface area contributed by atoms with E-state index in [1.54, 1.807) is 0 Å². The second-order valence-corrected chi connectivity index (χ2v) is 13.1. The van der Waals surface area contributed by atoms with Gasteiger partial charge in [0.05, 0.1) is 0 Å². The lowest BCUT2D eigenvalue weighted by atomic mass is 9.79. The number of guanidine groups is 2. The number of nitrogens with one attached hydrogen (secondary N) is 2. The van der Waals surface area contributed by atoms with Crippen LogP contribution in [-0.2, 0) is 0 Å². The van der Waals surface area contributed by atoms with Gasteiger partial charge in [-0.15, -0.1) is 0 Å². The first kappa shape index (κ1) is 27.9. The fourth-order valence-electron chi connectivity index (χ4n) is 6.42. The van der Waals surface area contributed by atoms with Crippen molar-refractivity contribution in [1.29, 1.82) is 0 Å². The molecule has 0 aromatic heterocycles. The van der Waals surface area contributed by atoms with E-state index >= 15 is 0 Å². The lowest BCUT2D eigenvalue weighted by Gasteiger charge is -2.50. The highest BCUT2D eigenvalue weighted by Gasteiger charge is 2.42. The Bertz CT molecular complexity index is 688. The van der Waals surface area contributed by atoms with Crippen molar-refractivity contribution in [2.24, 2.45) is 15.7 Å². The molecule has 0 spiro atoms. The van der Waals surface area contributed by atoms with E-state index in [-0.39, 0.29) is 22.2 Å². The Morgan fingerprint density at radius 3 is 1.67 bits per heavy atom. The van der Waals surface area contributed by atoms with Crippen LogP contribution in [0, 0.1) is 0 Å². The van der Waals surface area contributed by atoms with E-state index in [1.165, 1.54) is 0 Å². The van der Waals surface area contributed by atoms with Gasteiger partial charge in [0, 0.05) is 54.9 Å². The minimum absolute atomic E-state index is 0.0576. The smallest absolute Gasteiger partial charge is 0.223 e. The first-order valence-corrected chi connectivity index (χ1v) is 12.9. The summed E-state index contributed by atoms with van der Waals surface area (Å²) in [5.74, 6) is 1.32. The Morgan fingerprint density at radius 1 is 0.848 bits per heavy atom. The van der Waals surface area contributed by atoms with Gasteiger partial charge in [0.2, 0.25) is 5.96 Å². The summed E-state index contributed by atoms with van der Waals surface area (Å²) in [5, 5.41) is 7.57. The van der Waals surface area contributed by atoms with Gasteiger partial charge in [-0.25, -0.2) is 0 Å². The number of unbranched alkanes of at least 4 members (excludes halogenated alkanes) is 1. The average molecular weight is 464 g/mol. The van der Waals surface area contributed by atoms with Gasteiger partial charge in [0.25, 0.3) is 0 Å². The van der Waals surface area contributed by atoms with Crippen LogP contribution in [0.1, 0.15) is 101 Å². The van der Waals surface area contributed by atoms with Crippen LogP contribution in [0.3, 0.4) is 0 Å². The number of nitrogens with two attached hydrogens (primary N) is 1. The van der Waals surface area contributed by atoms with Gasteiger partial charge >= 0.3 is 0 Å². The summed E-state index contributed by atoms with van der Waals surface area (Å²) in [6.45, 7) is 21.5. The van der Waals surface area contributed by atoms with Gasteiger partial charge in [-0.3, -0.25) is 4.99 Å². The molecule has 0 bridgehead atoms. The molecule has 2 rings (SSSR count). The average Bonchev–Trinajstić information content (AvgIpc) is 2.61. The van der Waals surface area contributed by atoms with Gasteiger partial charge < -0.3 is 26.2 Å². The molecule has 2 aliphatic heterocycles.